The molecule has 4 nitrogen and oxygen atoms in total. The summed E-state index contributed by atoms with van der Waals surface area (Å²) in [6, 6.07) is 23.4. The third-order valence-electron chi connectivity index (χ3n) is 8.31. The summed E-state index contributed by atoms with van der Waals surface area (Å²) in [4.78, 5) is 2.55. The fourth-order valence-electron chi connectivity index (χ4n) is 6.15. The molecule has 5 rings (SSSR count). The van der Waals surface area contributed by atoms with Crippen LogP contribution in [-0.2, 0) is 19.3 Å². The van der Waals surface area contributed by atoms with Crippen molar-refractivity contribution in [3.05, 3.63) is 89.0 Å². The highest BCUT2D eigenvalue weighted by Crippen LogP contribution is 2.36. The van der Waals surface area contributed by atoms with Gasteiger partial charge in [0.2, 0.25) is 0 Å². The van der Waals surface area contributed by atoms with Gasteiger partial charge in [-0.25, -0.2) is 0 Å². The summed E-state index contributed by atoms with van der Waals surface area (Å²) in [5, 5.41) is 13.6. The Hall–Kier alpha value is -2.98. The van der Waals surface area contributed by atoms with E-state index in [1.165, 1.54) is 73.1 Å². The third kappa shape index (κ3) is 7.54. The fourth-order valence-corrected chi connectivity index (χ4v) is 6.15. The number of fused-ring (bicyclic) bond motifs is 1. The molecule has 2 N–H and O–H groups in total. The molecule has 1 saturated heterocycles. The number of aryl methyl sites for hydroxylation is 2. The molecule has 0 amide bonds. The van der Waals surface area contributed by atoms with Gasteiger partial charge in [0.25, 0.3) is 0 Å². The lowest BCUT2D eigenvalue weighted by atomic mass is 9.88. The van der Waals surface area contributed by atoms with Gasteiger partial charge in [0, 0.05) is 18.8 Å². The first kappa shape index (κ1) is 26.6. The number of nitrogens with one attached hydrogen (secondary N) is 1. The molecular formula is C34H44N2O2. The number of benzene rings is 3. The van der Waals surface area contributed by atoms with E-state index < -0.39 is 0 Å². The Bertz CT molecular complexity index is 1140. The van der Waals surface area contributed by atoms with Crippen LogP contribution in [0.5, 0.6) is 11.5 Å². The van der Waals surface area contributed by atoms with E-state index in [4.69, 9.17) is 4.74 Å². The maximum Gasteiger partial charge on any atom is 0.119 e. The predicted molar refractivity (Wildman–Crippen MR) is 158 cm³/mol. The van der Waals surface area contributed by atoms with E-state index in [0.717, 1.165) is 57.6 Å². The van der Waals surface area contributed by atoms with E-state index in [0.29, 0.717) is 11.7 Å². The summed E-state index contributed by atoms with van der Waals surface area (Å²) in [6.07, 6.45) is 12.0. The van der Waals surface area contributed by atoms with Crippen LogP contribution in [0.4, 0.5) is 5.69 Å². The minimum absolute atomic E-state index is 0.384. The van der Waals surface area contributed by atoms with Gasteiger partial charge in [0.1, 0.15) is 18.1 Å². The molecule has 1 heterocycles. The zero-order valence-corrected chi connectivity index (χ0v) is 22.8. The summed E-state index contributed by atoms with van der Waals surface area (Å²) >= 11 is 0. The molecule has 202 valence electrons. The maximum absolute atomic E-state index is 9.89. The SMILES string of the molecule is Oc1ccc2c(c1)CCCC(c1ccccc1NCCCc1ccc(OCCN3CCCCCC3)cc1)C2. The van der Waals surface area contributed by atoms with Gasteiger partial charge in [-0.15, -0.1) is 0 Å². The molecular weight excluding hydrogens is 468 g/mol. The van der Waals surface area contributed by atoms with Crippen LogP contribution in [0.15, 0.2) is 66.7 Å². The van der Waals surface area contributed by atoms with Gasteiger partial charge in [-0.3, -0.25) is 4.90 Å². The normalized spacial score (nSPS) is 18.3. The zero-order chi connectivity index (χ0) is 26.0. The van der Waals surface area contributed by atoms with Crippen LogP contribution in [-0.4, -0.2) is 42.8 Å². The number of aromatic hydroxyl groups is 1. The molecule has 3 aromatic carbocycles. The number of likely N-dealkylation sites (tertiary alicyclic amines) is 1. The van der Waals surface area contributed by atoms with Crippen molar-refractivity contribution >= 4 is 5.69 Å². The Morgan fingerprint density at radius 3 is 2.53 bits per heavy atom. The molecule has 0 spiro atoms. The number of phenolic OH excluding ortho intramolecular Hbond substituents is 1. The Labute approximate surface area is 229 Å². The molecule has 38 heavy (non-hydrogen) atoms. The number of rotatable bonds is 10. The van der Waals surface area contributed by atoms with Crippen LogP contribution < -0.4 is 10.1 Å². The fraction of sp³-hybridized carbons (Fsp3) is 0.471. The molecule has 1 unspecified atom stereocenters. The molecule has 2 aliphatic rings. The van der Waals surface area contributed by atoms with Crippen molar-refractivity contribution in [1.29, 1.82) is 0 Å². The number of hydrogen-bond acceptors (Lipinski definition) is 4. The number of para-hydroxylation sites is 1. The van der Waals surface area contributed by atoms with Gasteiger partial charge in [0.05, 0.1) is 0 Å². The highest BCUT2D eigenvalue weighted by Gasteiger charge is 2.20. The molecule has 1 aliphatic heterocycles. The van der Waals surface area contributed by atoms with Crippen LogP contribution in [0.2, 0.25) is 0 Å². The minimum Gasteiger partial charge on any atom is -0.508 e. The highest BCUT2D eigenvalue weighted by molar-refractivity contribution is 5.53. The van der Waals surface area contributed by atoms with Gasteiger partial charge in [-0.2, -0.15) is 0 Å². The van der Waals surface area contributed by atoms with Crippen LogP contribution in [0.3, 0.4) is 0 Å². The monoisotopic (exact) mass is 512 g/mol. The molecule has 3 aromatic rings. The van der Waals surface area contributed by atoms with Crippen molar-refractivity contribution in [2.45, 2.75) is 70.1 Å². The van der Waals surface area contributed by atoms with Crippen LogP contribution in [0.1, 0.15) is 73.1 Å². The van der Waals surface area contributed by atoms with Crippen molar-refractivity contribution in [3.63, 3.8) is 0 Å². The largest absolute Gasteiger partial charge is 0.508 e. The average molecular weight is 513 g/mol. The molecule has 1 aliphatic carbocycles. The van der Waals surface area contributed by atoms with Crippen molar-refractivity contribution < 1.29 is 9.84 Å². The summed E-state index contributed by atoms with van der Waals surface area (Å²) in [7, 11) is 0. The van der Waals surface area contributed by atoms with Gasteiger partial charge in [0.15, 0.2) is 0 Å². The standard InChI is InChI=1S/C34H44N2O2/c37-31-17-16-29-25-30(11-7-10-28(29)26-31)33-12-3-4-13-34(33)35-20-8-9-27-14-18-32(19-15-27)38-24-23-36-21-5-1-2-6-22-36/h3-4,12-19,26,30,35,37H,1-2,5-11,20-25H2. The second kappa shape index (κ2) is 13.7. The molecule has 0 aromatic heterocycles. The Morgan fingerprint density at radius 1 is 0.868 bits per heavy atom. The smallest absolute Gasteiger partial charge is 0.119 e. The molecule has 4 heteroatoms. The third-order valence-corrected chi connectivity index (χ3v) is 8.31. The summed E-state index contributed by atoms with van der Waals surface area (Å²) in [6.45, 7) is 5.22. The first-order valence-electron chi connectivity index (χ1n) is 14.8. The minimum atomic E-state index is 0.384. The van der Waals surface area contributed by atoms with Crippen molar-refractivity contribution in [3.8, 4) is 11.5 Å². The number of anilines is 1. The Kier molecular flexibility index (Phi) is 9.60. The van der Waals surface area contributed by atoms with Crippen molar-refractivity contribution in [2.24, 2.45) is 0 Å². The lowest BCUT2D eigenvalue weighted by Crippen LogP contribution is -2.29. The van der Waals surface area contributed by atoms with E-state index in [-0.39, 0.29) is 0 Å². The molecule has 1 atom stereocenters. The lowest BCUT2D eigenvalue weighted by Gasteiger charge is -2.20. The summed E-state index contributed by atoms with van der Waals surface area (Å²) in [5.41, 5.74) is 6.76. The van der Waals surface area contributed by atoms with E-state index >= 15 is 0 Å². The van der Waals surface area contributed by atoms with Crippen LogP contribution in [0.25, 0.3) is 0 Å². The maximum atomic E-state index is 9.89. The number of hydrogen-bond donors (Lipinski definition) is 2. The van der Waals surface area contributed by atoms with Crippen molar-refractivity contribution in [1.82, 2.24) is 4.90 Å². The first-order chi connectivity index (χ1) is 18.7. The van der Waals surface area contributed by atoms with Crippen molar-refractivity contribution in [2.75, 3.05) is 38.1 Å². The molecule has 1 fully saturated rings. The molecule has 0 saturated carbocycles. The van der Waals surface area contributed by atoms with E-state index in [1.807, 2.05) is 12.1 Å². The van der Waals surface area contributed by atoms with E-state index in [9.17, 15) is 5.11 Å². The second-order valence-electron chi connectivity index (χ2n) is 11.1. The molecule has 0 bridgehead atoms. The lowest BCUT2D eigenvalue weighted by molar-refractivity contribution is 0.214. The van der Waals surface area contributed by atoms with Gasteiger partial charge in [-0.05, 0) is 123 Å². The Morgan fingerprint density at radius 2 is 1.68 bits per heavy atom. The Balaban J connectivity index is 1.07. The van der Waals surface area contributed by atoms with Crippen LogP contribution in [0, 0.1) is 0 Å². The second-order valence-corrected chi connectivity index (χ2v) is 11.1. The average Bonchev–Trinajstić information content (AvgIpc) is 3.33. The van der Waals surface area contributed by atoms with Gasteiger partial charge >= 0.3 is 0 Å². The quantitative estimate of drug-likeness (QED) is 0.220. The molecule has 0 radical (unpaired) electrons. The summed E-state index contributed by atoms with van der Waals surface area (Å²) < 4.78 is 6.03. The van der Waals surface area contributed by atoms with E-state index in [1.54, 1.807) is 0 Å². The highest BCUT2D eigenvalue weighted by atomic mass is 16.5. The number of phenols is 1. The van der Waals surface area contributed by atoms with Gasteiger partial charge < -0.3 is 15.2 Å². The number of ether oxygens (including phenoxy) is 1. The van der Waals surface area contributed by atoms with Gasteiger partial charge in [-0.1, -0.05) is 49.2 Å². The topological polar surface area (TPSA) is 44.7 Å². The number of nitrogens with zero attached hydrogens (tertiary/aromatic N) is 1. The van der Waals surface area contributed by atoms with E-state index in [2.05, 4.69) is 64.8 Å². The van der Waals surface area contributed by atoms with Crippen LogP contribution >= 0.6 is 0 Å². The summed E-state index contributed by atoms with van der Waals surface area (Å²) in [5.74, 6) is 1.88. The zero-order valence-electron chi connectivity index (χ0n) is 22.8. The predicted octanol–water partition coefficient (Wildman–Crippen LogP) is 7.35. The first-order valence-corrected chi connectivity index (χ1v) is 14.8.